The van der Waals surface area contributed by atoms with Gasteiger partial charge < -0.3 is 0 Å². The van der Waals surface area contributed by atoms with Gasteiger partial charge >= 0.3 is 69.6 Å². The Morgan fingerprint density at radius 1 is 1.36 bits per heavy atom. The van der Waals surface area contributed by atoms with Crippen LogP contribution in [0.15, 0.2) is 30.8 Å². The van der Waals surface area contributed by atoms with Crippen LogP contribution in [0.25, 0.3) is 6.08 Å². The van der Waals surface area contributed by atoms with Crippen LogP contribution >= 0.6 is 0 Å². The SMILES string of the molecule is C=Cc1ccc([AsH](=O)O)cc1. The zero-order valence-corrected chi connectivity index (χ0v) is 8.05. The van der Waals surface area contributed by atoms with Gasteiger partial charge in [-0.1, -0.05) is 0 Å². The zero-order chi connectivity index (χ0) is 8.27. The van der Waals surface area contributed by atoms with Gasteiger partial charge in [-0.25, -0.2) is 0 Å². The summed E-state index contributed by atoms with van der Waals surface area (Å²) < 4.78 is 19.9. The predicted octanol–water partition coefficient (Wildman–Crippen LogP) is 0.180. The molecule has 3 heteroatoms. The van der Waals surface area contributed by atoms with Crippen molar-refractivity contribution in [3.63, 3.8) is 0 Å². The van der Waals surface area contributed by atoms with Crippen LogP contribution in [0, 0.1) is 0 Å². The van der Waals surface area contributed by atoms with Gasteiger partial charge in [-0.3, -0.25) is 0 Å². The molecule has 0 fully saturated rings. The Kier molecular flexibility index (Phi) is 2.75. The molecule has 1 N–H and O–H groups in total. The summed E-state index contributed by atoms with van der Waals surface area (Å²) in [4.78, 5) is 0. The Morgan fingerprint density at radius 2 is 1.91 bits per heavy atom. The standard InChI is InChI=1S/C8H9AsO2/c1-2-7-3-5-8(6-4-7)9(10)11/h2-6,9H,1H2,(H,10,11). The maximum atomic E-state index is 10.6. The van der Waals surface area contributed by atoms with Crippen molar-refractivity contribution in [1.82, 2.24) is 0 Å². The van der Waals surface area contributed by atoms with E-state index in [1.54, 1.807) is 30.3 Å². The number of rotatable bonds is 2. The van der Waals surface area contributed by atoms with Crippen LogP contribution < -0.4 is 4.35 Å². The topological polar surface area (TPSA) is 37.3 Å². The van der Waals surface area contributed by atoms with Crippen LogP contribution in [0.1, 0.15) is 5.56 Å². The van der Waals surface area contributed by atoms with Crippen LogP contribution in [-0.2, 0) is 3.74 Å². The minimum absolute atomic E-state index is 0.551. The van der Waals surface area contributed by atoms with E-state index in [0.717, 1.165) is 5.56 Å². The second kappa shape index (κ2) is 3.61. The summed E-state index contributed by atoms with van der Waals surface area (Å²) in [5.74, 6) is 0. The Balaban J connectivity index is 3.00. The molecule has 1 aromatic rings. The van der Waals surface area contributed by atoms with E-state index in [2.05, 4.69) is 6.58 Å². The average Bonchev–Trinajstić information content (AvgIpc) is 2.05. The summed E-state index contributed by atoms with van der Waals surface area (Å²) in [5.41, 5.74) is 0.966. The third-order valence-electron chi connectivity index (χ3n) is 1.39. The van der Waals surface area contributed by atoms with E-state index in [-0.39, 0.29) is 0 Å². The van der Waals surface area contributed by atoms with Crippen molar-refractivity contribution in [1.29, 1.82) is 0 Å². The molecule has 0 bridgehead atoms. The fraction of sp³-hybridized carbons (Fsp3) is 0. The van der Waals surface area contributed by atoms with Gasteiger partial charge in [0.25, 0.3) is 0 Å². The molecule has 1 atom stereocenters. The van der Waals surface area contributed by atoms with Gasteiger partial charge in [-0.2, -0.15) is 0 Å². The molecule has 2 nitrogen and oxygen atoms in total. The molecule has 0 radical (unpaired) electrons. The summed E-state index contributed by atoms with van der Waals surface area (Å²) in [5, 5.41) is 0. The predicted molar refractivity (Wildman–Crippen MR) is 46.2 cm³/mol. The van der Waals surface area contributed by atoms with Gasteiger partial charge in [0.2, 0.25) is 0 Å². The zero-order valence-electron chi connectivity index (χ0n) is 5.95. The van der Waals surface area contributed by atoms with Gasteiger partial charge in [0.05, 0.1) is 0 Å². The molecule has 0 saturated heterocycles. The van der Waals surface area contributed by atoms with E-state index in [1.165, 1.54) is 0 Å². The second-order valence-corrected chi connectivity index (χ2v) is 4.62. The second-order valence-electron chi connectivity index (χ2n) is 2.13. The van der Waals surface area contributed by atoms with Gasteiger partial charge in [0.15, 0.2) is 0 Å². The normalized spacial score (nSPS) is 12.5. The van der Waals surface area contributed by atoms with Gasteiger partial charge in [0, 0.05) is 0 Å². The summed E-state index contributed by atoms with van der Waals surface area (Å²) >= 11 is -3.09. The molecule has 0 aliphatic heterocycles. The average molecular weight is 212 g/mol. The Morgan fingerprint density at radius 3 is 2.27 bits per heavy atom. The molecule has 0 heterocycles. The van der Waals surface area contributed by atoms with Crippen molar-refractivity contribution in [2.45, 2.75) is 0 Å². The van der Waals surface area contributed by atoms with Crippen molar-refractivity contribution in [2.75, 3.05) is 0 Å². The molecule has 0 aliphatic rings. The van der Waals surface area contributed by atoms with Crippen molar-refractivity contribution in [3.8, 4) is 0 Å². The van der Waals surface area contributed by atoms with Crippen LogP contribution in [-0.4, -0.2) is 19.0 Å². The van der Waals surface area contributed by atoms with Gasteiger partial charge in [-0.05, 0) is 0 Å². The number of hydrogen-bond acceptors (Lipinski definition) is 1. The molecule has 0 aliphatic carbocycles. The minimum atomic E-state index is -3.09. The molecule has 0 saturated carbocycles. The van der Waals surface area contributed by atoms with E-state index in [1.807, 2.05) is 0 Å². The first-order chi connectivity index (χ1) is 5.24. The fourth-order valence-corrected chi connectivity index (χ4v) is 1.71. The molecule has 58 valence electrons. The maximum absolute atomic E-state index is 10.6. The molecule has 11 heavy (non-hydrogen) atoms. The third-order valence-corrected chi connectivity index (χ3v) is 3.13. The first kappa shape index (κ1) is 8.38. The van der Waals surface area contributed by atoms with E-state index < -0.39 is 14.9 Å². The van der Waals surface area contributed by atoms with Crippen molar-refractivity contribution < 1.29 is 7.84 Å². The molecule has 0 amide bonds. The van der Waals surface area contributed by atoms with Crippen LogP contribution in [0.3, 0.4) is 0 Å². The third kappa shape index (κ3) is 2.11. The van der Waals surface area contributed by atoms with Crippen molar-refractivity contribution in [3.05, 3.63) is 36.4 Å². The summed E-state index contributed by atoms with van der Waals surface area (Å²) in [6, 6.07) is 6.89. The van der Waals surface area contributed by atoms with Crippen molar-refractivity contribution in [2.24, 2.45) is 0 Å². The molecule has 1 aromatic carbocycles. The quantitative estimate of drug-likeness (QED) is 0.710. The van der Waals surface area contributed by atoms with Crippen molar-refractivity contribution >= 4 is 25.4 Å². The molecule has 0 aromatic heterocycles. The summed E-state index contributed by atoms with van der Waals surface area (Å²) in [6.45, 7) is 3.58. The van der Waals surface area contributed by atoms with E-state index in [0.29, 0.717) is 4.35 Å². The van der Waals surface area contributed by atoms with Crippen LogP contribution in [0.5, 0.6) is 0 Å². The fourth-order valence-electron chi connectivity index (χ4n) is 0.762. The van der Waals surface area contributed by atoms with Crippen LogP contribution in [0.2, 0.25) is 0 Å². The monoisotopic (exact) mass is 212 g/mol. The summed E-state index contributed by atoms with van der Waals surface area (Å²) in [7, 11) is 0. The van der Waals surface area contributed by atoms with Gasteiger partial charge in [0.1, 0.15) is 0 Å². The Hall–Kier alpha value is -0.722. The first-order valence-corrected chi connectivity index (χ1v) is 6.04. The van der Waals surface area contributed by atoms with Crippen LogP contribution in [0.4, 0.5) is 0 Å². The molecule has 1 unspecified atom stereocenters. The number of benzene rings is 1. The van der Waals surface area contributed by atoms with E-state index in [4.69, 9.17) is 4.10 Å². The first-order valence-electron chi connectivity index (χ1n) is 3.20. The Labute approximate surface area is 70.0 Å². The van der Waals surface area contributed by atoms with E-state index >= 15 is 0 Å². The molecular weight excluding hydrogens is 203 g/mol. The summed E-state index contributed by atoms with van der Waals surface area (Å²) in [6.07, 6.45) is 1.70. The number of hydrogen-bond donors (Lipinski definition) is 1. The Bertz CT molecular complexity index is 277. The van der Waals surface area contributed by atoms with Gasteiger partial charge in [-0.15, -0.1) is 0 Å². The van der Waals surface area contributed by atoms with E-state index in [9.17, 15) is 3.74 Å². The molecule has 1 rings (SSSR count). The molecule has 0 spiro atoms. The molecular formula is C8H9AsO2.